The molecule has 0 atom stereocenters. The van der Waals surface area contributed by atoms with Gasteiger partial charge in [-0.25, -0.2) is 4.98 Å². The van der Waals surface area contributed by atoms with Crippen LogP contribution in [0.3, 0.4) is 0 Å². The SMILES string of the molecule is CCCCCCCCc1ccc2nc(N=Nc3cc(OC)c(N(CCCCC)CCCCC)cc3CO)sc2c1. The number of ether oxygens (including phenoxy) is 1. The molecule has 1 aromatic heterocycles. The first-order chi connectivity index (χ1) is 19.6. The lowest BCUT2D eigenvalue weighted by Gasteiger charge is -2.27. The fourth-order valence-electron chi connectivity index (χ4n) is 5.05. The molecular formula is C33H50N4O2S. The highest BCUT2D eigenvalue weighted by Gasteiger charge is 2.16. The van der Waals surface area contributed by atoms with Crippen molar-refractivity contribution in [3.8, 4) is 5.75 Å². The summed E-state index contributed by atoms with van der Waals surface area (Å²) in [5.41, 5.74) is 4.71. The van der Waals surface area contributed by atoms with Crippen LogP contribution < -0.4 is 9.64 Å². The maximum absolute atomic E-state index is 10.2. The van der Waals surface area contributed by atoms with Crippen LogP contribution in [0.25, 0.3) is 10.2 Å². The minimum absolute atomic E-state index is 0.106. The Morgan fingerprint density at radius 3 is 2.17 bits per heavy atom. The second-order valence-corrected chi connectivity index (χ2v) is 11.7. The Morgan fingerprint density at radius 1 is 0.825 bits per heavy atom. The monoisotopic (exact) mass is 566 g/mol. The van der Waals surface area contributed by atoms with E-state index in [9.17, 15) is 5.11 Å². The molecule has 1 heterocycles. The summed E-state index contributed by atoms with van der Waals surface area (Å²) in [5, 5.41) is 19.8. The highest BCUT2D eigenvalue weighted by Crippen LogP contribution is 2.38. The van der Waals surface area contributed by atoms with Gasteiger partial charge in [0, 0.05) is 24.7 Å². The van der Waals surface area contributed by atoms with Gasteiger partial charge in [-0.15, -0.1) is 10.2 Å². The third kappa shape index (κ3) is 9.84. The molecule has 40 heavy (non-hydrogen) atoms. The number of aliphatic hydroxyl groups excluding tert-OH is 1. The molecule has 3 aromatic rings. The van der Waals surface area contributed by atoms with Crippen LogP contribution in [0.1, 0.15) is 109 Å². The molecule has 0 amide bonds. The van der Waals surface area contributed by atoms with Crippen molar-refractivity contribution in [3.63, 3.8) is 0 Å². The van der Waals surface area contributed by atoms with Gasteiger partial charge in [0.2, 0.25) is 5.13 Å². The number of aryl methyl sites for hydroxylation is 1. The first kappa shape index (κ1) is 32.0. The number of aliphatic hydroxyl groups is 1. The van der Waals surface area contributed by atoms with Gasteiger partial charge < -0.3 is 14.7 Å². The lowest BCUT2D eigenvalue weighted by Crippen LogP contribution is -2.26. The number of anilines is 1. The smallest absolute Gasteiger partial charge is 0.231 e. The van der Waals surface area contributed by atoms with Crippen LogP contribution in [0, 0.1) is 0 Å². The van der Waals surface area contributed by atoms with Crippen molar-refractivity contribution < 1.29 is 9.84 Å². The Kier molecular flexibility index (Phi) is 14.4. The number of unbranched alkanes of at least 4 members (excludes halogenated alkanes) is 9. The normalized spacial score (nSPS) is 11.6. The molecule has 6 nitrogen and oxygen atoms in total. The largest absolute Gasteiger partial charge is 0.495 e. The highest BCUT2D eigenvalue weighted by molar-refractivity contribution is 7.21. The number of aromatic nitrogens is 1. The van der Waals surface area contributed by atoms with Gasteiger partial charge in [0.15, 0.2) is 0 Å². The quantitative estimate of drug-likeness (QED) is 0.109. The number of methoxy groups -OCH3 is 1. The number of hydrogen-bond donors (Lipinski definition) is 1. The van der Waals surface area contributed by atoms with Gasteiger partial charge >= 0.3 is 0 Å². The number of benzene rings is 2. The van der Waals surface area contributed by atoms with Crippen molar-refractivity contribution in [2.45, 2.75) is 111 Å². The van der Waals surface area contributed by atoms with Crippen molar-refractivity contribution in [1.29, 1.82) is 0 Å². The highest BCUT2D eigenvalue weighted by atomic mass is 32.1. The summed E-state index contributed by atoms with van der Waals surface area (Å²) < 4.78 is 6.96. The molecule has 0 unspecified atom stereocenters. The van der Waals surface area contributed by atoms with Crippen LogP contribution >= 0.6 is 11.3 Å². The van der Waals surface area contributed by atoms with Crippen LogP contribution in [-0.2, 0) is 13.0 Å². The predicted molar refractivity (Wildman–Crippen MR) is 171 cm³/mol. The number of nitrogens with zero attached hydrogens (tertiary/aromatic N) is 4. The maximum atomic E-state index is 10.2. The van der Waals surface area contributed by atoms with Crippen molar-refractivity contribution in [3.05, 3.63) is 41.5 Å². The van der Waals surface area contributed by atoms with Crippen molar-refractivity contribution >= 4 is 38.1 Å². The molecule has 0 saturated carbocycles. The topological polar surface area (TPSA) is 70.3 Å². The van der Waals surface area contributed by atoms with Gasteiger partial charge in [-0.1, -0.05) is 96.0 Å². The van der Waals surface area contributed by atoms with Gasteiger partial charge in [-0.2, -0.15) is 0 Å². The van der Waals surface area contributed by atoms with Crippen LogP contribution in [0.4, 0.5) is 16.5 Å². The predicted octanol–water partition coefficient (Wildman–Crippen LogP) is 10.3. The van der Waals surface area contributed by atoms with E-state index in [-0.39, 0.29) is 6.61 Å². The Hall–Kier alpha value is -2.51. The minimum Gasteiger partial charge on any atom is -0.495 e. The lowest BCUT2D eigenvalue weighted by atomic mass is 10.0. The fourth-order valence-corrected chi connectivity index (χ4v) is 5.90. The molecule has 7 heteroatoms. The number of fused-ring (bicyclic) bond motifs is 1. The van der Waals surface area contributed by atoms with Crippen LogP contribution in [0.15, 0.2) is 40.6 Å². The first-order valence-corrected chi connectivity index (χ1v) is 16.3. The lowest BCUT2D eigenvalue weighted by molar-refractivity contribution is 0.282. The Balaban J connectivity index is 1.75. The first-order valence-electron chi connectivity index (χ1n) is 15.5. The maximum Gasteiger partial charge on any atom is 0.231 e. The second kappa shape index (κ2) is 18.0. The summed E-state index contributed by atoms with van der Waals surface area (Å²) in [5.74, 6) is 0.766. The third-order valence-electron chi connectivity index (χ3n) is 7.46. The number of hydrogen-bond acceptors (Lipinski definition) is 7. The standard InChI is InChI=1S/C33H50N4O2S/c1-5-8-11-12-13-14-17-26-18-19-28-32(22-26)40-33(34-28)36-35-29-24-31(39-4)30(23-27(29)25-38)37(20-15-9-6-2)21-16-10-7-3/h18-19,22-24,38H,5-17,20-21,25H2,1-4H3. The summed E-state index contributed by atoms with van der Waals surface area (Å²) >= 11 is 1.56. The molecule has 0 bridgehead atoms. The Morgan fingerprint density at radius 2 is 1.50 bits per heavy atom. The zero-order valence-electron chi connectivity index (χ0n) is 25.3. The average Bonchev–Trinajstić information content (AvgIpc) is 3.39. The Labute approximate surface area is 245 Å². The van der Waals surface area contributed by atoms with Crippen molar-refractivity contribution in [2.24, 2.45) is 10.2 Å². The van der Waals surface area contributed by atoms with Crippen molar-refractivity contribution in [2.75, 3.05) is 25.1 Å². The van der Waals surface area contributed by atoms with Gasteiger partial charge in [-0.05, 0) is 49.4 Å². The van der Waals surface area contributed by atoms with E-state index < -0.39 is 0 Å². The summed E-state index contributed by atoms with van der Waals surface area (Å²) in [4.78, 5) is 7.09. The molecule has 0 aliphatic heterocycles. The molecule has 0 radical (unpaired) electrons. The molecule has 0 saturated heterocycles. The summed E-state index contributed by atoms with van der Waals surface area (Å²) in [6, 6.07) is 10.5. The minimum atomic E-state index is -0.106. The van der Waals surface area contributed by atoms with Crippen LogP contribution in [-0.4, -0.2) is 30.3 Å². The van der Waals surface area contributed by atoms with Crippen LogP contribution in [0.5, 0.6) is 5.75 Å². The molecule has 0 spiro atoms. The third-order valence-corrected chi connectivity index (χ3v) is 8.36. The van der Waals surface area contributed by atoms with E-state index in [4.69, 9.17) is 4.74 Å². The van der Waals surface area contributed by atoms with E-state index in [0.29, 0.717) is 10.8 Å². The molecule has 2 aromatic carbocycles. The molecular weight excluding hydrogens is 516 g/mol. The van der Waals surface area contributed by atoms with E-state index in [2.05, 4.69) is 59.1 Å². The van der Waals surface area contributed by atoms with Gasteiger partial charge in [0.1, 0.15) is 5.75 Å². The zero-order chi connectivity index (χ0) is 28.6. The molecule has 3 rings (SSSR count). The van der Waals surface area contributed by atoms with E-state index >= 15 is 0 Å². The molecule has 0 aliphatic rings. The van der Waals surface area contributed by atoms with Gasteiger partial charge in [0.25, 0.3) is 0 Å². The average molecular weight is 567 g/mol. The Bertz CT molecular complexity index is 1170. The molecule has 0 aliphatic carbocycles. The summed E-state index contributed by atoms with van der Waals surface area (Å²) in [6.45, 7) is 8.57. The molecule has 220 valence electrons. The summed E-state index contributed by atoms with van der Waals surface area (Å²) in [6.07, 6.45) is 16.0. The molecule has 0 fully saturated rings. The zero-order valence-corrected chi connectivity index (χ0v) is 26.1. The van der Waals surface area contributed by atoms with E-state index in [1.165, 1.54) is 69.8 Å². The summed E-state index contributed by atoms with van der Waals surface area (Å²) in [7, 11) is 1.70. The van der Waals surface area contributed by atoms with E-state index in [1.807, 2.05) is 12.1 Å². The van der Waals surface area contributed by atoms with Crippen molar-refractivity contribution in [1.82, 2.24) is 4.98 Å². The van der Waals surface area contributed by atoms with Gasteiger partial charge in [-0.3, -0.25) is 0 Å². The van der Waals surface area contributed by atoms with E-state index in [0.717, 1.165) is 59.6 Å². The second-order valence-electron chi connectivity index (χ2n) is 10.7. The van der Waals surface area contributed by atoms with Crippen LogP contribution in [0.2, 0.25) is 0 Å². The molecule has 1 N–H and O–H groups in total. The van der Waals surface area contributed by atoms with Gasteiger partial charge in [0.05, 0.1) is 35.3 Å². The fraction of sp³-hybridized carbons (Fsp3) is 0.606. The number of thiazole rings is 1. The number of azo groups is 1. The van der Waals surface area contributed by atoms with E-state index in [1.54, 1.807) is 18.4 Å². The number of rotatable bonds is 20.